The highest BCUT2D eigenvalue weighted by atomic mass is 16.4. The molecule has 1 atom stereocenters. The van der Waals surface area contributed by atoms with Crippen LogP contribution in [0.2, 0.25) is 0 Å². The first-order valence-electron chi connectivity index (χ1n) is 12.2. The molecule has 1 aromatic heterocycles. The van der Waals surface area contributed by atoms with Crippen molar-refractivity contribution >= 4 is 34.6 Å². The highest BCUT2D eigenvalue weighted by molar-refractivity contribution is 6.15. The van der Waals surface area contributed by atoms with E-state index in [9.17, 15) is 24.3 Å². The van der Waals surface area contributed by atoms with Gasteiger partial charge in [0.15, 0.2) is 0 Å². The van der Waals surface area contributed by atoms with E-state index in [2.05, 4.69) is 10.6 Å². The smallest absolute Gasteiger partial charge is 0.337 e. The zero-order valence-corrected chi connectivity index (χ0v) is 21.4. The average Bonchev–Trinajstić information content (AvgIpc) is 3.45. The summed E-state index contributed by atoms with van der Waals surface area (Å²) in [5.74, 6) is -0.171. The normalized spacial score (nSPS) is 14.0. The van der Waals surface area contributed by atoms with Crippen LogP contribution in [0.4, 0.5) is 22.7 Å². The number of anilines is 4. The Kier molecular flexibility index (Phi) is 5.94. The molecule has 0 bridgehead atoms. The standard InChI is InChI=1S/C29H27N3O6/c1-15-12-13-20(38-15)26(29(2,3)4)31-23-22(24(33)25(23)34)30-18-10-7-8-16-14-32(27(35)21(16)18)19-11-6-5-9-17(19)28(36)37/h5-13,26,30-31H,14H2,1-4H3,(H,36,37)/t26-/m0/s1. The van der Waals surface area contributed by atoms with E-state index in [4.69, 9.17) is 4.42 Å². The van der Waals surface area contributed by atoms with Crippen LogP contribution in [0, 0.1) is 12.3 Å². The lowest BCUT2D eigenvalue weighted by Gasteiger charge is -2.31. The Balaban J connectivity index is 1.48. The van der Waals surface area contributed by atoms with Gasteiger partial charge in [-0.1, -0.05) is 45.0 Å². The minimum absolute atomic E-state index is 0.0125. The van der Waals surface area contributed by atoms with Crippen molar-refractivity contribution in [2.75, 3.05) is 15.5 Å². The molecule has 1 aliphatic heterocycles. The number of amides is 1. The number of para-hydroxylation sites is 1. The Morgan fingerprint density at radius 2 is 1.68 bits per heavy atom. The number of nitrogens with zero attached hydrogens (tertiary/aromatic N) is 1. The molecule has 0 unspecified atom stereocenters. The topological polar surface area (TPSA) is 129 Å². The molecule has 2 heterocycles. The lowest BCUT2D eigenvalue weighted by molar-refractivity contribution is 0.0697. The maximum absolute atomic E-state index is 13.5. The van der Waals surface area contributed by atoms with E-state index in [1.807, 2.05) is 39.8 Å². The van der Waals surface area contributed by atoms with Gasteiger partial charge < -0.3 is 25.1 Å². The van der Waals surface area contributed by atoms with Crippen LogP contribution in [0.15, 0.2) is 68.6 Å². The summed E-state index contributed by atoms with van der Waals surface area (Å²) in [4.78, 5) is 51.9. The molecule has 0 spiro atoms. The van der Waals surface area contributed by atoms with Crippen LogP contribution in [0.25, 0.3) is 0 Å². The second-order valence-electron chi connectivity index (χ2n) is 10.5. The number of aryl methyl sites for hydroxylation is 1. The number of benzene rings is 2. The molecule has 9 heteroatoms. The fourth-order valence-electron chi connectivity index (χ4n) is 4.80. The van der Waals surface area contributed by atoms with Gasteiger partial charge in [-0.2, -0.15) is 0 Å². The van der Waals surface area contributed by atoms with Gasteiger partial charge in [0.2, 0.25) is 0 Å². The molecule has 9 nitrogen and oxygen atoms in total. The molecule has 1 amide bonds. The molecule has 0 fully saturated rings. The fraction of sp³-hybridized carbons (Fsp3) is 0.241. The van der Waals surface area contributed by atoms with Gasteiger partial charge in [-0.15, -0.1) is 0 Å². The van der Waals surface area contributed by atoms with E-state index in [0.717, 1.165) is 5.76 Å². The van der Waals surface area contributed by atoms with Gasteiger partial charge in [-0.3, -0.25) is 14.4 Å². The number of hydrogen-bond acceptors (Lipinski definition) is 7. The van der Waals surface area contributed by atoms with Crippen molar-refractivity contribution in [3.8, 4) is 0 Å². The second-order valence-corrected chi connectivity index (χ2v) is 10.5. The number of carbonyl (C=O) groups excluding carboxylic acids is 1. The first-order valence-corrected chi connectivity index (χ1v) is 12.2. The summed E-state index contributed by atoms with van der Waals surface area (Å²) in [7, 11) is 0. The number of aromatic carboxylic acids is 1. The second kappa shape index (κ2) is 9.02. The summed E-state index contributed by atoms with van der Waals surface area (Å²) in [5, 5.41) is 15.8. The van der Waals surface area contributed by atoms with E-state index in [1.54, 1.807) is 36.4 Å². The SMILES string of the molecule is Cc1ccc([C@H](Nc2c(Nc3cccc4c3C(=O)N(c3ccccc3C(=O)O)C4)c(=O)c2=O)C(C)(C)C)o1. The van der Waals surface area contributed by atoms with Crippen molar-refractivity contribution in [3.05, 3.63) is 103 Å². The maximum Gasteiger partial charge on any atom is 0.337 e. The third kappa shape index (κ3) is 4.15. The summed E-state index contributed by atoms with van der Waals surface area (Å²) in [6.45, 7) is 7.99. The predicted molar refractivity (Wildman–Crippen MR) is 144 cm³/mol. The van der Waals surface area contributed by atoms with Gasteiger partial charge in [-0.05, 0) is 48.2 Å². The minimum Gasteiger partial charge on any atom is -0.478 e. The molecule has 0 saturated carbocycles. The number of carboxylic acid groups (broad SMARTS) is 1. The van der Waals surface area contributed by atoms with E-state index in [0.29, 0.717) is 22.6 Å². The third-order valence-electron chi connectivity index (χ3n) is 6.73. The van der Waals surface area contributed by atoms with Crippen LogP contribution in [0.3, 0.4) is 0 Å². The van der Waals surface area contributed by atoms with Crippen LogP contribution in [0.5, 0.6) is 0 Å². The minimum atomic E-state index is -1.14. The molecule has 3 aromatic carbocycles. The summed E-state index contributed by atoms with van der Waals surface area (Å²) < 4.78 is 5.82. The number of carbonyl (C=O) groups is 2. The predicted octanol–water partition coefficient (Wildman–Crippen LogP) is 4.99. The lowest BCUT2D eigenvalue weighted by atomic mass is 9.85. The van der Waals surface area contributed by atoms with Crippen molar-refractivity contribution in [2.45, 2.75) is 40.3 Å². The Morgan fingerprint density at radius 3 is 2.34 bits per heavy atom. The van der Waals surface area contributed by atoms with Gasteiger partial charge in [0.25, 0.3) is 16.8 Å². The molecule has 3 N–H and O–H groups in total. The van der Waals surface area contributed by atoms with Gasteiger partial charge >= 0.3 is 5.97 Å². The number of furan rings is 1. The molecule has 38 heavy (non-hydrogen) atoms. The van der Waals surface area contributed by atoms with Crippen molar-refractivity contribution in [3.63, 3.8) is 0 Å². The third-order valence-corrected chi connectivity index (χ3v) is 6.73. The molecule has 1 aliphatic rings. The molecule has 0 aliphatic carbocycles. The van der Waals surface area contributed by atoms with E-state index in [-0.39, 0.29) is 34.6 Å². The van der Waals surface area contributed by atoms with Crippen LogP contribution in [-0.4, -0.2) is 17.0 Å². The number of carboxylic acids is 1. The Hall–Kier alpha value is -4.66. The fourth-order valence-corrected chi connectivity index (χ4v) is 4.80. The lowest BCUT2D eigenvalue weighted by Crippen LogP contribution is -2.39. The largest absolute Gasteiger partial charge is 0.478 e. The van der Waals surface area contributed by atoms with Crippen LogP contribution >= 0.6 is 0 Å². The Morgan fingerprint density at radius 1 is 0.974 bits per heavy atom. The molecule has 4 aromatic rings. The van der Waals surface area contributed by atoms with Crippen LogP contribution in [-0.2, 0) is 6.54 Å². The van der Waals surface area contributed by atoms with Crippen molar-refractivity contribution in [1.29, 1.82) is 0 Å². The summed E-state index contributed by atoms with van der Waals surface area (Å²) in [6.07, 6.45) is 0. The van der Waals surface area contributed by atoms with Gasteiger partial charge in [0.1, 0.15) is 22.9 Å². The molecular weight excluding hydrogens is 486 g/mol. The summed E-state index contributed by atoms with van der Waals surface area (Å²) >= 11 is 0. The average molecular weight is 514 g/mol. The number of rotatable bonds is 7. The number of nitrogens with one attached hydrogen (secondary N) is 2. The monoisotopic (exact) mass is 513 g/mol. The van der Waals surface area contributed by atoms with E-state index in [1.165, 1.54) is 11.0 Å². The first kappa shape index (κ1) is 25.0. The molecule has 194 valence electrons. The van der Waals surface area contributed by atoms with Crippen LogP contribution < -0.4 is 26.4 Å². The number of hydrogen-bond donors (Lipinski definition) is 3. The first-order chi connectivity index (χ1) is 18.0. The van der Waals surface area contributed by atoms with Gasteiger partial charge in [-0.25, -0.2) is 4.79 Å². The number of fused-ring (bicyclic) bond motifs is 1. The van der Waals surface area contributed by atoms with Gasteiger partial charge in [0.05, 0.1) is 35.1 Å². The molecule has 5 rings (SSSR count). The Labute approximate surface area is 218 Å². The summed E-state index contributed by atoms with van der Waals surface area (Å²) in [5.41, 5.74) is 0.144. The van der Waals surface area contributed by atoms with E-state index >= 15 is 0 Å². The highest BCUT2D eigenvalue weighted by Gasteiger charge is 2.36. The quantitative estimate of drug-likeness (QED) is 0.295. The van der Waals surface area contributed by atoms with Crippen molar-refractivity contribution in [2.24, 2.45) is 5.41 Å². The Bertz CT molecular complexity index is 1650. The van der Waals surface area contributed by atoms with Gasteiger partial charge in [0, 0.05) is 0 Å². The zero-order valence-electron chi connectivity index (χ0n) is 21.4. The molecule has 0 radical (unpaired) electrons. The van der Waals surface area contributed by atoms with Crippen molar-refractivity contribution in [1.82, 2.24) is 0 Å². The van der Waals surface area contributed by atoms with Crippen molar-refractivity contribution < 1.29 is 19.1 Å². The summed E-state index contributed by atoms with van der Waals surface area (Å²) in [6, 6.07) is 14.7. The highest BCUT2D eigenvalue weighted by Crippen LogP contribution is 2.39. The van der Waals surface area contributed by atoms with E-state index < -0.39 is 28.8 Å². The zero-order chi connectivity index (χ0) is 27.4. The molecular formula is C29H27N3O6. The molecule has 0 saturated heterocycles. The van der Waals surface area contributed by atoms with Crippen LogP contribution in [0.1, 0.15) is 64.6 Å². The maximum atomic E-state index is 13.5.